The number of nitrogens with one attached hydrogen (secondary N) is 1. The van der Waals surface area contributed by atoms with Crippen LogP contribution in [0.3, 0.4) is 0 Å². The normalized spacial score (nSPS) is 17.7. The molecule has 0 bridgehead atoms. The molecule has 0 amide bonds. The number of sulfonamides is 1. The summed E-state index contributed by atoms with van der Waals surface area (Å²) in [5.41, 5.74) is 1.11. The molecular weight excluding hydrogens is 350 g/mol. The van der Waals surface area contributed by atoms with Gasteiger partial charge in [-0.05, 0) is 47.9 Å². The van der Waals surface area contributed by atoms with Gasteiger partial charge in [-0.2, -0.15) is 0 Å². The summed E-state index contributed by atoms with van der Waals surface area (Å²) in [6, 6.07) is 11.5. The summed E-state index contributed by atoms with van der Waals surface area (Å²) in [6.07, 6.45) is 5.70. The Morgan fingerprint density at radius 1 is 1.08 bits per heavy atom. The average Bonchev–Trinajstić information content (AvgIpc) is 3.16. The number of hydrogen-bond acceptors (Lipinski definition) is 3. The molecule has 0 aliphatic heterocycles. The fourth-order valence-electron chi connectivity index (χ4n) is 3.67. The summed E-state index contributed by atoms with van der Waals surface area (Å²) in [5.74, 6) is 0.397. The van der Waals surface area contributed by atoms with E-state index in [1.807, 2.05) is 12.1 Å². The van der Waals surface area contributed by atoms with E-state index in [-0.39, 0.29) is 5.41 Å². The van der Waals surface area contributed by atoms with Crippen molar-refractivity contribution in [3.05, 3.63) is 52.2 Å². The SMILES string of the molecule is CC(C)c1ccc(S(=O)(=O)NCC2(c3cccs3)CCCCC2)cc1. The lowest BCUT2D eigenvalue weighted by Crippen LogP contribution is -2.41. The van der Waals surface area contributed by atoms with Crippen molar-refractivity contribution in [2.75, 3.05) is 6.54 Å². The van der Waals surface area contributed by atoms with Crippen molar-refractivity contribution >= 4 is 21.4 Å². The molecule has 0 spiro atoms. The highest BCUT2D eigenvalue weighted by atomic mass is 32.2. The number of hydrogen-bond donors (Lipinski definition) is 1. The van der Waals surface area contributed by atoms with Gasteiger partial charge >= 0.3 is 0 Å². The molecule has 1 fully saturated rings. The summed E-state index contributed by atoms with van der Waals surface area (Å²) >= 11 is 1.75. The highest BCUT2D eigenvalue weighted by Gasteiger charge is 2.36. The van der Waals surface area contributed by atoms with Gasteiger partial charge in [0.2, 0.25) is 10.0 Å². The molecule has 5 heteroatoms. The summed E-state index contributed by atoms with van der Waals surface area (Å²) in [5, 5.41) is 2.09. The first-order valence-electron chi connectivity index (χ1n) is 9.07. The molecule has 2 aromatic rings. The molecule has 0 saturated heterocycles. The molecule has 1 aromatic carbocycles. The fourth-order valence-corrected chi connectivity index (χ4v) is 5.78. The van der Waals surface area contributed by atoms with Crippen molar-refractivity contribution in [2.24, 2.45) is 0 Å². The molecule has 136 valence electrons. The standard InChI is InChI=1S/C20H27NO2S2/c1-16(2)17-8-10-18(11-9-17)25(22,23)21-15-20(12-4-3-5-13-20)19-7-6-14-24-19/h6-11,14,16,21H,3-5,12-13,15H2,1-2H3. The van der Waals surface area contributed by atoms with E-state index in [2.05, 4.69) is 36.1 Å². The van der Waals surface area contributed by atoms with Gasteiger partial charge in [-0.1, -0.05) is 51.3 Å². The zero-order chi connectivity index (χ0) is 17.9. The summed E-state index contributed by atoms with van der Waals surface area (Å²) in [6.45, 7) is 4.70. The van der Waals surface area contributed by atoms with E-state index in [1.165, 1.54) is 24.1 Å². The Labute approximate surface area is 155 Å². The molecule has 0 radical (unpaired) electrons. The lowest BCUT2D eigenvalue weighted by Gasteiger charge is -2.36. The maximum atomic E-state index is 12.8. The minimum atomic E-state index is -3.48. The van der Waals surface area contributed by atoms with Crippen molar-refractivity contribution < 1.29 is 8.42 Å². The van der Waals surface area contributed by atoms with E-state index in [9.17, 15) is 8.42 Å². The van der Waals surface area contributed by atoms with Crippen molar-refractivity contribution in [1.29, 1.82) is 0 Å². The van der Waals surface area contributed by atoms with E-state index in [0.717, 1.165) is 18.4 Å². The maximum absolute atomic E-state index is 12.8. The minimum absolute atomic E-state index is 0.0443. The van der Waals surface area contributed by atoms with Crippen molar-refractivity contribution in [3.8, 4) is 0 Å². The first-order chi connectivity index (χ1) is 11.9. The highest BCUT2D eigenvalue weighted by Crippen LogP contribution is 2.41. The third-order valence-electron chi connectivity index (χ3n) is 5.31. The van der Waals surface area contributed by atoms with Crippen LogP contribution in [0.25, 0.3) is 0 Å². The Morgan fingerprint density at radius 3 is 2.32 bits per heavy atom. The molecular formula is C20H27NO2S2. The third-order valence-corrected chi connectivity index (χ3v) is 7.85. The Bertz CT molecular complexity index is 772. The van der Waals surface area contributed by atoms with E-state index >= 15 is 0 Å². The Kier molecular flexibility index (Phi) is 5.66. The third kappa shape index (κ3) is 4.15. The van der Waals surface area contributed by atoms with E-state index < -0.39 is 10.0 Å². The van der Waals surface area contributed by atoms with Crippen molar-refractivity contribution in [1.82, 2.24) is 4.72 Å². The molecule has 3 rings (SSSR count). The van der Waals surface area contributed by atoms with Crippen LogP contribution in [0.2, 0.25) is 0 Å². The van der Waals surface area contributed by atoms with Crippen LogP contribution in [0.4, 0.5) is 0 Å². The largest absolute Gasteiger partial charge is 0.240 e. The van der Waals surface area contributed by atoms with Gasteiger partial charge in [0.25, 0.3) is 0 Å². The van der Waals surface area contributed by atoms with Gasteiger partial charge in [0.05, 0.1) is 4.90 Å². The van der Waals surface area contributed by atoms with Crippen molar-refractivity contribution in [2.45, 2.75) is 62.2 Å². The van der Waals surface area contributed by atoms with Crippen LogP contribution in [-0.4, -0.2) is 15.0 Å². The average molecular weight is 378 g/mol. The van der Waals surface area contributed by atoms with Gasteiger partial charge in [-0.15, -0.1) is 11.3 Å². The first-order valence-corrected chi connectivity index (χ1v) is 11.4. The van der Waals surface area contributed by atoms with E-state index in [0.29, 0.717) is 17.4 Å². The predicted octanol–water partition coefficient (Wildman–Crippen LogP) is 5.05. The van der Waals surface area contributed by atoms with E-state index in [1.54, 1.807) is 23.5 Å². The summed E-state index contributed by atoms with van der Waals surface area (Å²) in [4.78, 5) is 1.67. The smallest absolute Gasteiger partial charge is 0.210 e. The number of thiophene rings is 1. The molecule has 0 unspecified atom stereocenters. The van der Waals surface area contributed by atoms with Gasteiger partial charge in [-0.25, -0.2) is 13.1 Å². The second-order valence-electron chi connectivity index (χ2n) is 7.37. The number of rotatable bonds is 6. The molecule has 0 atom stereocenters. The quantitative estimate of drug-likeness (QED) is 0.765. The van der Waals surface area contributed by atoms with Crippen molar-refractivity contribution in [3.63, 3.8) is 0 Å². The molecule has 1 heterocycles. The molecule has 1 aliphatic carbocycles. The van der Waals surface area contributed by atoms with Gasteiger partial charge in [0.15, 0.2) is 0 Å². The zero-order valence-corrected chi connectivity index (χ0v) is 16.6. The first kappa shape index (κ1) is 18.6. The van der Waals surface area contributed by atoms with Crippen LogP contribution in [0.15, 0.2) is 46.7 Å². The Balaban J connectivity index is 1.78. The van der Waals surface area contributed by atoms with Crippen LogP contribution in [0, 0.1) is 0 Å². The topological polar surface area (TPSA) is 46.2 Å². The van der Waals surface area contributed by atoms with Gasteiger partial charge in [0, 0.05) is 16.8 Å². The van der Waals surface area contributed by atoms with Crippen LogP contribution in [0.1, 0.15) is 62.3 Å². The summed E-state index contributed by atoms with van der Waals surface area (Å²) < 4.78 is 28.4. The van der Waals surface area contributed by atoms with Gasteiger partial charge in [0.1, 0.15) is 0 Å². The Hall–Kier alpha value is -1.17. The molecule has 1 N–H and O–H groups in total. The second kappa shape index (κ2) is 7.60. The highest BCUT2D eigenvalue weighted by molar-refractivity contribution is 7.89. The molecule has 1 saturated carbocycles. The van der Waals surface area contributed by atoms with Crippen LogP contribution >= 0.6 is 11.3 Å². The second-order valence-corrected chi connectivity index (χ2v) is 10.1. The van der Waals surface area contributed by atoms with Gasteiger partial charge < -0.3 is 0 Å². The van der Waals surface area contributed by atoms with Gasteiger partial charge in [-0.3, -0.25) is 0 Å². The summed E-state index contributed by atoms with van der Waals surface area (Å²) in [7, 11) is -3.48. The molecule has 3 nitrogen and oxygen atoms in total. The van der Waals surface area contributed by atoms with E-state index in [4.69, 9.17) is 0 Å². The van der Waals surface area contributed by atoms with Crippen LogP contribution < -0.4 is 4.72 Å². The Morgan fingerprint density at radius 2 is 1.76 bits per heavy atom. The number of benzene rings is 1. The molecule has 1 aliphatic rings. The lowest BCUT2D eigenvalue weighted by molar-refractivity contribution is 0.298. The minimum Gasteiger partial charge on any atom is -0.210 e. The predicted molar refractivity (Wildman–Crippen MR) is 105 cm³/mol. The fraction of sp³-hybridized carbons (Fsp3) is 0.500. The molecule has 25 heavy (non-hydrogen) atoms. The molecule has 1 aromatic heterocycles. The monoisotopic (exact) mass is 377 g/mol. The zero-order valence-electron chi connectivity index (χ0n) is 15.0. The van der Waals surface area contributed by atoms with Crippen LogP contribution in [0.5, 0.6) is 0 Å². The maximum Gasteiger partial charge on any atom is 0.240 e. The lowest BCUT2D eigenvalue weighted by atomic mass is 9.73. The van der Waals surface area contributed by atoms with Crippen LogP contribution in [-0.2, 0) is 15.4 Å².